The highest BCUT2D eigenvalue weighted by Gasteiger charge is 2.30. The number of hydrogen-bond acceptors (Lipinski definition) is 3. The van der Waals surface area contributed by atoms with Crippen molar-refractivity contribution < 1.29 is 17.7 Å². The first kappa shape index (κ1) is 11.5. The van der Waals surface area contributed by atoms with Crippen molar-refractivity contribution in [2.75, 3.05) is 5.73 Å². The zero-order chi connectivity index (χ0) is 12.6. The van der Waals surface area contributed by atoms with Crippen LogP contribution in [-0.4, -0.2) is 5.16 Å². The molecule has 2 rings (SSSR count). The highest BCUT2D eigenvalue weighted by Crippen LogP contribution is 2.34. The molecule has 0 bridgehead atoms. The average molecular weight is 242 g/mol. The molecule has 0 saturated heterocycles. The molecule has 1 aromatic heterocycles. The molecule has 0 amide bonds. The van der Waals surface area contributed by atoms with Crippen LogP contribution in [0.5, 0.6) is 0 Å². The Bertz CT molecular complexity index is 546. The summed E-state index contributed by atoms with van der Waals surface area (Å²) in [5.41, 5.74) is 6.13. The molecular formula is C11H9F3N2O. The second-order valence-electron chi connectivity index (χ2n) is 3.64. The number of rotatable bonds is 1. The van der Waals surface area contributed by atoms with E-state index in [-0.39, 0.29) is 5.76 Å². The number of hydrogen-bond donors (Lipinski definition) is 1. The predicted octanol–water partition coefficient (Wildman–Crippen LogP) is 3.25. The summed E-state index contributed by atoms with van der Waals surface area (Å²) in [7, 11) is 0. The minimum Gasteiger partial charge on any atom is -0.394 e. The van der Waals surface area contributed by atoms with Gasteiger partial charge < -0.3 is 10.3 Å². The number of nitrogens with zero attached hydrogens (tertiary/aromatic N) is 1. The van der Waals surface area contributed by atoms with Gasteiger partial charge in [-0.25, -0.2) is 0 Å². The third-order valence-corrected chi connectivity index (χ3v) is 2.40. The monoisotopic (exact) mass is 242 g/mol. The topological polar surface area (TPSA) is 52.0 Å². The van der Waals surface area contributed by atoms with Gasteiger partial charge in [-0.1, -0.05) is 11.2 Å². The predicted molar refractivity (Wildman–Crippen MR) is 56.1 cm³/mol. The molecule has 0 fully saturated rings. The molecule has 2 N–H and O–H groups in total. The van der Waals surface area contributed by atoms with Crippen molar-refractivity contribution in [2.45, 2.75) is 13.1 Å². The quantitative estimate of drug-likeness (QED) is 0.835. The second kappa shape index (κ2) is 3.80. The molecule has 0 aliphatic heterocycles. The highest BCUT2D eigenvalue weighted by atomic mass is 19.4. The maximum atomic E-state index is 12.5. The minimum atomic E-state index is -4.35. The fraction of sp³-hybridized carbons (Fsp3) is 0.182. The van der Waals surface area contributed by atoms with Crippen LogP contribution in [0.25, 0.3) is 11.3 Å². The van der Waals surface area contributed by atoms with Gasteiger partial charge in [0, 0.05) is 5.56 Å². The summed E-state index contributed by atoms with van der Waals surface area (Å²) in [5, 5.41) is 3.49. The third kappa shape index (κ3) is 2.11. The van der Waals surface area contributed by atoms with Crippen LogP contribution in [0.3, 0.4) is 0 Å². The number of aryl methyl sites for hydroxylation is 1. The van der Waals surface area contributed by atoms with Crippen molar-refractivity contribution in [3.05, 3.63) is 35.5 Å². The van der Waals surface area contributed by atoms with Gasteiger partial charge in [0.1, 0.15) is 5.69 Å². The van der Waals surface area contributed by atoms with E-state index in [9.17, 15) is 13.2 Å². The fourth-order valence-corrected chi connectivity index (χ4v) is 1.55. The molecule has 0 saturated carbocycles. The maximum absolute atomic E-state index is 12.5. The van der Waals surface area contributed by atoms with Crippen molar-refractivity contribution in [1.82, 2.24) is 5.16 Å². The first-order valence-corrected chi connectivity index (χ1v) is 4.78. The van der Waals surface area contributed by atoms with E-state index >= 15 is 0 Å². The number of benzene rings is 1. The van der Waals surface area contributed by atoms with Crippen LogP contribution in [0, 0.1) is 6.92 Å². The van der Waals surface area contributed by atoms with Crippen LogP contribution >= 0.6 is 0 Å². The van der Waals surface area contributed by atoms with Gasteiger partial charge in [-0.15, -0.1) is 0 Å². The van der Waals surface area contributed by atoms with Crippen LogP contribution in [-0.2, 0) is 6.18 Å². The zero-order valence-corrected chi connectivity index (χ0v) is 8.88. The largest absolute Gasteiger partial charge is 0.416 e. The molecule has 90 valence electrons. The highest BCUT2D eigenvalue weighted by molar-refractivity contribution is 5.72. The molecule has 0 spiro atoms. The van der Waals surface area contributed by atoms with Gasteiger partial charge in [-0.2, -0.15) is 13.2 Å². The summed E-state index contributed by atoms with van der Waals surface area (Å²) in [4.78, 5) is 0. The van der Waals surface area contributed by atoms with Crippen molar-refractivity contribution in [1.29, 1.82) is 0 Å². The molecule has 1 aromatic carbocycles. The van der Waals surface area contributed by atoms with E-state index in [1.165, 1.54) is 12.3 Å². The summed E-state index contributed by atoms with van der Waals surface area (Å²) in [5.74, 6) is 0.288. The third-order valence-electron chi connectivity index (χ3n) is 2.40. The Labute approximate surface area is 95.0 Å². The molecule has 0 radical (unpaired) electrons. The van der Waals surface area contributed by atoms with Crippen LogP contribution < -0.4 is 5.73 Å². The van der Waals surface area contributed by atoms with Gasteiger partial charge in [-0.05, 0) is 24.6 Å². The van der Waals surface area contributed by atoms with Gasteiger partial charge in [0.05, 0.1) is 11.8 Å². The van der Waals surface area contributed by atoms with E-state index in [2.05, 4.69) is 5.16 Å². The molecule has 0 atom stereocenters. The minimum absolute atomic E-state index is 0.288. The number of nitrogen functional groups attached to an aromatic ring is 1. The Morgan fingerprint density at radius 2 is 2.00 bits per heavy atom. The fourth-order valence-electron chi connectivity index (χ4n) is 1.55. The van der Waals surface area contributed by atoms with E-state index in [1.54, 1.807) is 6.92 Å². The van der Waals surface area contributed by atoms with E-state index < -0.39 is 11.7 Å². The summed E-state index contributed by atoms with van der Waals surface area (Å²) >= 11 is 0. The van der Waals surface area contributed by atoms with Crippen LogP contribution in [0.1, 0.15) is 11.1 Å². The van der Waals surface area contributed by atoms with Gasteiger partial charge in [0.25, 0.3) is 0 Å². The smallest absolute Gasteiger partial charge is 0.394 e. The van der Waals surface area contributed by atoms with E-state index in [4.69, 9.17) is 10.3 Å². The number of aromatic nitrogens is 1. The number of alkyl halides is 3. The van der Waals surface area contributed by atoms with Gasteiger partial charge in [-0.3, -0.25) is 0 Å². The molecule has 0 aliphatic carbocycles. The van der Waals surface area contributed by atoms with Crippen LogP contribution in [0.2, 0.25) is 0 Å². The normalized spacial score (nSPS) is 11.8. The van der Waals surface area contributed by atoms with Gasteiger partial charge in [0.2, 0.25) is 0 Å². The molecule has 0 aliphatic rings. The number of halogens is 3. The molecule has 1 heterocycles. The Morgan fingerprint density at radius 1 is 1.29 bits per heavy atom. The zero-order valence-electron chi connectivity index (χ0n) is 8.88. The van der Waals surface area contributed by atoms with Crippen LogP contribution in [0.15, 0.2) is 28.9 Å². The van der Waals surface area contributed by atoms with Crippen LogP contribution in [0.4, 0.5) is 18.9 Å². The number of nitrogens with two attached hydrogens (primary N) is 1. The van der Waals surface area contributed by atoms with E-state index in [0.29, 0.717) is 16.8 Å². The maximum Gasteiger partial charge on any atom is 0.416 e. The molecule has 6 heteroatoms. The standard InChI is InChI=1S/C11H9F3N2O/c1-6-4-7(11(12,13)14)2-3-8(6)10-9(15)5-16-17-10/h2-5H,15H2,1H3. The first-order chi connectivity index (χ1) is 7.89. The van der Waals surface area contributed by atoms with Crippen molar-refractivity contribution >= 4 is 5.69 Å². The lowest BCUT2D eigenvalue weighted by Gasteiger charge is -2.09. The van der Waals surface area contributed by atoms with Crippen molar-refractivity contribution in [3.8, 4) is 11.3 Å². The average Bonchev–Trinajstić information content (AvgIpc) is 2.63. The molecule has 0 unspecified atom stereocenters. The first-order valence-electron chi connectivity index (χ1n) is 4.78. The molecular weight excluding hydrogens is 233 g/mol. The second-order valence-corrected chi connectivity index (χ2v) is 3.64. The Hall–Kier alpha value is -1.98. The summed E-state index contributed by atoms with van der Waals surface area (Å²) in [6, 6.07) is 3.37. The number of anilines is 1. The lowest BCUT2D eigenvalue weighted by Crippen LogP contribution is -2.05. The summed E-state index contributed by atoms with van der Waals surface area (Å²) < 4.78 is 42.3. The molecule has 17 heavy (non-hydrogen) atoms. The summed E-state index contributed by atoms with van der Waals surface area (Å²) in [6.45, 7) is 1.56. The lowest BCUT2D eigenvalue weighted by molar-refractivity contribution is -0.137. The molecule has 2 aromatic rings. The SMILES string of the molecule is Cc1cc(C(F)(F)F)ccc1-c1oncc1N. The molecule has 3 nitrogen and oxygen atoms in total. The van der Waals surface area contributed by atoms with Gasteiger partial charge in [0.15, 0.2) is 5.76 Å². The lowest BCUT2D eigenvalue weighted by atomic mass is 10.0. The Kier molecular flexibility index (Phi) is 2.57. The van der Waals surface area contributed by atoms with E-state index in [0.717, 1.165) is 12.1 Å². The van der Waals surface area contributed by atoms with Crippen molar-refractivity contribution in [3.63, 3.8) is 0 Å². The Balaban J connectivity index is 2.50. The Morgan fingerprint density at radius 3 is 2.47 bits per heavy atom. The van der Waals surface area contributed by atoms with Gasteiger partial charge >= 0.3 is 6.18 Å². The summed E-state index contributed by atoms with van der Waals surface area (Å²) in [6.07, 6.45) is -3.04. The van der Waals surface area contributed by atoms with E-state index in [1.807, 2.05) is 0 Å². The van der Waals surface area contributed by atoms with Crippen molar-refractivity contribution in [2.24, 2.45) is 0 Å².